The third kappa shape index (κ3) is 14.1. The Morgan fingerprint density at radius 1 is 0.633 bits per heavy atom. The van der Waals surface area contributed by atoms with E-state index in [0.717, 1.165) is 0 Å². The largest absolute Gasteiger partial charge is 0.508 e. The number of aromatic hydroxyl groups is 2. The normalized spacial score (nSPS) is 13.8. The molecular formula is C31H41N7O10S. The van der Waals surface area contributed by atoms with Crippen molar-refractivity contribution < 1.29 is 48.9 Å². The standard InChI is InChI=1S/C31H41N7O10S/c1-49-11-10-21(28(44)38-24(31(47)48)15-26(34)42)35-29(45)23(13-17-4-8-19(40)9-5-17)37-30(46)22(12-16-2-6-18(39)7-3-16)36-27(43)20(32)14-25(33)41/h2-9,20-24,39-40H,10-15,32H2,1H3,(H2,33,41)(H2,34,42)(H,35,45)(H,36,43)(H,37,46)(H,38,44)(H,47,48)/t20-,21-,22-,23-,24-/m0/s1. The first-order valence-corrected chi connectivity index (χ1v) is 16.3. The van der Waals surface area contributed by atoms with Gasteiger partial charge >= 0.3 is 5.97 Å². The molecule has 0 aliphatic rings. The number of hydrogen-bond donors (Lipinski definition) is 10. The predicted octanol–water partition coefficient (Wildman–Crippen LogP) is -2.26. The van der Waals surface area contributed by atoms with E-state index in [0.29, 0.717) is 16.9 Å². The molecule has 2 aromatic rings. The summed E-state index contributed by atoms with van der Waals surface area (Å²) >= 11 is 1.34. The van der Waals surface area contributed by atoms with E-state index in [4.69, 9.17) is 17.2 Å². The Bertz CT molecular complexity index is 1490. The average molecular weight is 704 g/mol. The number of thioether (sulfide) groups is 1. The van der Waals surface area contributed by atoms with Crippen LogP contribution in [0.1, 0.15) is 30.4 Å². The summed E-state index contributed by atoms with van der Waals surface area (Å²) in [5.74, 6) is -6.60. The van der Waals surface area contributed by atoms with Crippen molar-refractivity contribution in [3.05, 3.63) is 59.7 Å². The number of phenolic OH excluding ortho intramolecular Hbond substituents is 2. The van der Waals surface area contributed by atoms with Crippen LogP contribution in [0.25, 0.3) is 0 Å². The van der Waals surface area contributed by atoms with Gasteiger partial charge in [0.25, 0.3) is 0 Å². The van der Waals surface area contributed by atoms with E-state index in [1.165, 1.54) is 60.3 Å². The molecule has 0 spiro atoms. The van der Waals surface area contributed by atoms with E-state index < -0.39 is 84.5 Å². The monoisotopic (exact) mass is 703 g/mol. The molecule has 0 aromatic heterocycles. The highest BCUT2D eigenvalue weighted by molar-refractivity contribution is 7.98. The maximum Gasteiger partial charge on any atom is 0.326 e. The number of benzene rings is 2. The van der Waals surface area contributed by atoms with Gasteiger partial charge in [-0.25, -0.2) is 4.79 Å². The van der Waals surface area contributed by atoms with Crippen LogP contribution >= 0.6 is 11.8 Å². The second kappa shape index (κ2) is 19.5. The lowest BCUT2D eigenvalue weighted by Crippen LogP contribution is -2.59. The third-order valence-electron chi connectivity index (χ3n) is 7.04. The van der Waals surface area contributed by atoms with Gasteiger partial charge in [0, 0.05) is 12.8 Å². The van der Waals surface area contributed by atoms with E-state index in [-0.39, 0.29) is 30.8 Å². The average Bonchev–Trinajstić information content (AvgIpc) is 3.03. The zero-order valence-corrected chi connectivity index (χ0v) is 27.4. The number of phenols is 2. The van der Waals surface area contributed by atoms with Crippen molar-refractivity contribution in [1.82, 2.24) is 21.3 Å². The molecule has 0 aliphatic carbocycles. The molecule has 0 aliphatic heterocycles. The number of nitrogens with two attached hydrogens (primary N) is 3. The molecule has 13 N–H and O–H groups in total. The van der Waals surface area contributed by atoms with Crippen LogP contribution in [0.3, 0.4) is 0 Å². The minimum atomic E-state index is -1.66. The SMILES string of the molecule is CSCC[C@H](NC(=O)[C@H](Cc1ccc(O)cc1)NC(=O)[C@H](Cc1ccc(O)cc1)NC(=O)[C@@H](N)CC(N)=O)C(=O)N[C@@H](CC(N)=O)C(=O)O. The molecule has 0 heterocycles. The van der Waals surface area contributed by atoms with Crippen LogP contribution in [0.5, 0.6) is 11.5 Å². The molecule has 0 saturated heterocycles. The van der Waals surface area contributed by atoms with Crippen molar-refractivity contribution in [3.63, 3.8) is 0 Å². The molecule has 266 valence electrons. The highest BCUT2D eigenvalue weighted by atomic mass is 32.2. The summed E-state index contributed by atoms with van der Waals surface area (Å²) in [7, 11) is 0. The number of hydrogen-bond acceptors (Lipinski definition) is 11. The van der Waals surface area contributed by atoms with Gasteiger partial charge in [-0.3, -0.25) is 28.8 Å². The second-order valence-electron chi connectivity index (χ2n) is 11.1. The number of aliphatic carboxylic acids is 1. The van der Waals surface area contributed by atoms with Crippen LogP contribution in [-0.2, 0) is 46.4 Å². The molecular weight excluding hydrogens is 662 g/mol. The summed E-state index contributed by atoms with van der Waals surface area (Å²) < 4.78 is 0. The van der Waals surface area contributed by atoms with E-state index >= 15 is 0 Å². The van der Waals surface area contributed by atoms with Gasteiger partial charge < -0.3 is 53.8 Å². The van der Waals surface area contributed by atoms with E-state index in [1.807, 2.05) is 0 Å². The van der Waals surface area contributed by atoms with Crippen molar-refractivity contribution >= 4 is 53.2 Å². The number of amides is 6. The van der Waals surface area contributed by atoms with Crippen molar-refractivity contribution in [1.29, 1.82) is 0 Å². The number of rotatable bonds is 20. The fourth-order valence-corrected chi connectivity index (χ4v) is 4.94. The van der Waals surface area contributed by atoms with Crippen molar-refractivity contribution in [2.45, 2.75) is 62.3 Å². The van der Waals surface area contributed by atoms with Gasteiger partial charge in [0.1, 0.15) is 35.7 Å². The Labute approximate surface area is 285 Å². The number of carboxylic acids is 1. The van der Waals surface area contributed by atoms with Gasteiger partial charge in [0.2, 0.25) is 35.4 Å². The summed E-state index contributed by atoms with van der Waals surface area (Å²) in [6.07, 6.45) is 0.293. The molecule has 0 fully saturated rings. The first kappa shape index (κ1) is 39.8. The van der Waals surface area contributed by atoms with Gasteiger partial charge in [-0.1, -0.05) is 24.3 Å². The maximum atomic E-state index is 13.8. The van der Waals surface area contributed by atoms with Crippen LogP contribution in [-0.4, -0.2) is 98.9 Å². The molecule has 0 radical (unpaired) electrons. The Morgan fingerprint density at radius 2 is 1.02 bits per heavy atom. The minimum Gasteiger partial charge on any atom is -0.508 e. The van der Waals surface area contributed by atoms with Gasteiger partial charge in [0.15, 0.2) is 0 Å². The predicted molar refractivity (Wildman–Crippen MR) is 178 cm³/mol. The van der Waals surface area contributed by atoms with Gasteiger partial charge in [-0.05, 0) is 53.8 Å². The number of carbonyl (C=O) groups excluding carboxylic acids is 6. The summed E-state index contributed by atoms with van der Waals surface area (Å²) in [6.45, 7) is 0. The van der Waals surface area contributed by atoms with Crippen LogP contribution in [0.4, 0.5) is 0 Å². The third-order valence-corrected chi connectivity index (χ3v) is 7.68. The van der Waals surface area contributed by atoms with Crippen LogP contribution in [0, 0.1) is 0 Å². The summed E-state index contributed by atoms with van der Waals surface area (Å²) in [6, 6.07) is 4.38. The Morgan fingerprint density at radius 3 is 1.43 bits per heavy atom. The van der Waals surface area contributed by atoms with Gasteiger partial charge in [-0.2, -0.15) is 11.8 Å². The molecule has 49 heavy (non-hydrogen) atoms. The lowest BCUT2D eigenvalue weighted by molar-refractivity contribution is -0.143. The smallest absolute Gasteiger partial charge is 0.326 e. The Balaban J connectivity index is 2.41. The fraction of sp³-hybridized carbons (Fsp3) is 0.387. The van der Waals surface area contributed by atoms with Crippen LogP contribution < -0.4 is 38.5 Å². The quantitative estimate of drug-likeness (QED) is 0.0699. The minimum absolute atomic E-state index is 0.0405. The highest BCUT2D eigenvalue weighted by Gasteiger charge is 2.32. The number of nitrogens with one attached hydrogen (secondary N) is 4. The van der Waals surface area contributed by atoms with E-state index in [1.54, 1.807) is 6.26 Å². The molecule has 17 nitrogen and oxygen atoms in total. The molecule has 2 aromatic carbocycles. The fourth-order valence-electron chi connectivity index (χ4n) is 4.46. The number of carboxylic acid groups (broad SMARTS) is 1. The van der Waals surface area contributed by atoms with Crippen LogP contribution in [0.15, 0.2) is 48.5 Å². The van der Waals surface area contributed by atoms with Crippen LogP contribution in [0.2, 0.25) is 0 Å². The Hall–Kier alpha value is -5.36. The molecule has 0 saturated carbocycles. The lowest BCUT2D eigenvalue weighted by atomic mass is 10.0. The lowest BCUT2D eigenvalue weighted by Gasteiger charge is -2.26. The topological polar surface area (TPSA) is 306 Å². The first-order chi connectivity index (χ1) is 23.1. The number of primary amides is 2. The maximum absolute atomic E-state index is 13.8. The van der Waals surface area contributed by atoms with E-state index in [2.05, 4.69) is 21.3 Å². The molecule has 0 bridgehead atoms. The molecule has 0 unspecified atom stereocenters. The molecule has 18 heteroatoms. The Kier molecular flexibility index (Phi) is 15.8. The van der Waals surface area contributed by atoms with Crippen molar-refractivity contribution in [3.8, 4) is 11.5 Å². The highest BCUT2D eigenvalue weighted by Crippen LogP contribution is 2.14. The number of carbonyl (C=O) groups is 7. The zero-order chi connectivity index (χ0) is 36.7. The first-order valence-electron chi connectivity index (χ1n) is 14.9. The van der Waals surface area contributed by atoms with Gasteiger partial charge in [0.05, 0.1) is 18.9 Å². The summed E-state index contributed by atoms with van der Waals surface area (Å²) in [4.78, 5) is 87.8. The zero-order valence-electron chi connectivity index (χ0n) is 26.6. The molecule has 2 rings (SSSR count). The summed E-state index contributed by atoms with van der Waals surface area (Å²) in [5, 5.41) is 38.6. The summed E-state index contributed by atoms with van der Waals surface area (Å²) in [5.41, 5.74) is 17.0. The van der Waals surface area contributed by atoms with Gasteiger partial charge in [-0.15, -0.1) is 0 Å². The van der Waals surface area contributed by atoms with Crippen molar-refractivity contribution in [2.75, 3.05) is 12.0 Å². The molecule has 6 amide bonds. The molecule has 5 atom stereocenters. The van der Waals surface area contributed by atoms with E-state index in [9.17, 15) is 48.9 Å². The second-order valence-corrected chi connectivity index (χ2v) is 12.0. The van der Waals surface area contributed by atoms with Crippen molar-refractivity contribution in [2.24, 2.45) is 17.2 Å².